The quantitative estimate of drug-likeness (QED) is 0.656. The first-order valence-corrected chi connectivity index (χ1v) is 8.60. The molecule has 0 aromatic carbocycles. The van der Waals surface area contributed by atoms with E-state index >= 15 is 0 Å². The Morgan fingerprint density at radius 1 is 1.43 bits per heavy atom. The molecule has 0 saturated carbocycles. The molecule has 3 rings (SSSR count). The number of thiophene rings is 1. The molecule has 5 nitrogen and oxygen atoms in total. The van der Waals surface area contributed by atoms with Gasteiger partial charge in [0, 0.05) is 11.5 Å². The third-order valence-corrected chi connectivity index (χ3v) is 5.17. The van der Waals surface area contributed by atoms with Crippen molar-refractivity contribution in [1.29, 1.82) is 0 Å². The van der Waals surface area contributed by atoms with Gasteiger partial charge >= 0.3 is 0 Å². The van der Waals surface area contributed by atoms with Crippen molar-refractivity contribution < 1.29 is 9.52 Å². The molecule has 0 aliphatic heterocycles. The summed E-state index contributed by atoms with van der Waals surface area (Å²) in [5.41, 5.74) is 1.98. The van der Waals surface area contributed by atoms with Crippen molar-refractivity contribution in [1.82, 2.24) is 9.97 Å². The van der Waals surface area contributed by atoms with Crippen molar-refractivity contribution in [2.75, 3.05) is 11.9 Å². The van der Waals surface area contributed by atoms with Gasteiger partial charge in [0.2, 0.25) is 5.28 Å². The maximum Gasteiger partial charge on any atom is 0.224 e. The Kier molecular flexibility index (Phi) is 4.84. The summed E-state index contributed by atoms with van der Waals surface area (Å²) in [6, 6.07) is 3.75. The van der Waals surface area contributed by atoms with Gasteiger partial charge in [-0.15, -0.1) is 11.3 Å². The largest absolute Gasteiger partial charge is 0.467 e. The highest BCUT2D eigenvalue weighted by atomic mass is 35.5. The lowest BCUT2D eigenvalue weighted by molar-refractivity contribution is 0.237. The van der Waals surface area contributed by atoms with Crippen LogP contribution in [-0.4, -0.2) is 21.7 Å². The molecule has 3 aromatic rings. The fourth-order valence-electron chi connectivity index (χ4n) is 2.39. The van der Waals surface area contributed by atoms with Crippen molar-refractivity contribution in [2.45, 2.75) is 26.8 Å². The Morgan fingerprint density at radius 2 is 2.26 bits per heavy atom. The Labute approximate surface area is 143 Å². The molecule has 0 aliphatic rings. The molecule has 0 spiro atoms. The summed E-state index contributed by atoms with van der Waals surface area (Å²) in [6.07, 6.45) is 2.46. The Hall–Kier alpha value is -1.63. The van der Waals surface area contributed by atoms with E-state index in [1.54, 1.807) is 17.6 Å². The highest BCUT2D eigenvalue weighted by Gasteiger charge is 2.17. The van der Waals surface area contributed by atoms with E-state index in [0.717, 1.165) is 28.0 Å². The number of rotatable bonds is 6. The number of nitrogens with zero attached hydrogens (tertiary/aromatic N) is 2. The van der Waals surface area contributed by atoms with Gasteiger partial charge in [-0.3, -0.25) is 0 Å². The number of fused-ring (bicyclic) bond motifs is 1. The zero-order chi connectivity index (χ0) is 16.4. The topological polar surface area (TPSA) is 71.2 Å². The molecule has 3 aromatic heterocycles. The molecule has 1 atom stereocenters. The number of hydrogen-bond acceptors (Lipinski definition) is 6. The maximum atomic E-state index is 9.28. The fraction of sp³-hybridized carbons (Fsp3) is 0.375. The van der Waals surface area contributed by atoms with Crippen LogP contribution >= 0.6 is 22.9 Å². The lowest BCUT2D eigenvalue weighted by Crippen LogP contribution is -2.03. The van der Waals surface area contributed by atoms with Gasteiger partial charge in [0.25, 0.3) is 0 Å². The second-order valence-electron chi connectivity index (χ2n) is 5.59. The van der Waals surface area contributed by atoms with Crippen LogP contribution in [0.1, 0.15) is 23.1 Å². The van der Waals surface area contributed by atoms with Crippen LogP contribution in [0.2, 0.25) is 5.28 Å². The van der Waals surface area contributed by atoms with Crippen LogP contribution in [0.15, 0.2) is 22.8 Å². The van der Waals surface area contributed by atoms with E-state index in [-0.39, 0.29) is 17.8 Å². The van der Waals surface area contributed by atoms with Crippen LogP contribution in [0.3, 0.4) is 0 Å². The van der Waals surface area contributed by atoms with E-state index < -0.39 is 0 Å². The lowest BCUT2D eigenvalue weighted by Gasteiger charge is -2.05. The molecule has 2 N–H and O–H groups in total. The van der Waals surface area contributed by atoms with Crippen LogP contribution in [-0.2, 0) is 13.0 Å². The minimum Gasteiger partial charge on any atom is -0.467 e. The summed E-state index contributed by atoms with van der Waals surface area (Å²) in [5.74, 6) is 1.76. The number of aryl methyl sites for hydroxylation is 1. The van der Waals surface area contributed by atoms with Crippen molar-refractivity contribution >= 4 is 39.0 Å². The number of nitrogens with one attached hydrogen (secondary N) is 1. The van der Waals surface area contributed by atoms with Gasteiger partial charge in [0.1, 0.15) is 11.6 Å². The van der Waals surface area contributed by atoms with Crippen LogP contribution in [0, 0.1) is 12.8 Å². The Balaban J connectivity index is 1.95. The van der Waals surface area contributed by atoms with Gasteiger partial charge in [-0.25, -0.2) is 4.98 Å². The number of hydrogen-bond donors (Lipinski definition) is 2. The first kappa shape index (κ1) is 16.2. The van der Waals surface area contributed by atoms with E-state index in [4.69, 9.17) is 16.0 Å². The highest BCUT2D eigenvalue weighted by Crippen LogP contribution is 2.36. The van der Waals surface area contributed by atoms with Crippen LogP contribution < -0.4 is 5.32 Å². The Bertz CT molecular complexity index is 801. The summed E-state index contributed by atoms with van der Waals surface area (Å²) in [7, 11) is 0. The summed E-state index contributed by atoms with van der Waals surface area (Å²) in [5, 5.41) is 12.8. The molecule has 7 heteroatoms. The van der Waals surface area contributed by atoms with E-state index in [2.05, 4.69) is 15.3 Å². The lowest BCUT2D eigenvalue weighted by atomic mass is 10.1. The predicted octanol–water partition coefficient (Wildman–Crippen LogP) is 4.03. The summed E-state index contributed by atoms with van der Waals surface area (Å²) in [6.45, 7) is 4.77. The van der Waals surface area contributed by atoms with Crippen molar-refractivity contribution in [2.24, 2.45) is 5.92 Å². The summed E-state index contributed by atoms with van der Waals surface area (Å²) in [4.78, 5) is 9.90. The smallest absolute Gasteiger partial charge is 0.224 e. The van der Waals surface area contributed by atoms with Crippen LogP contribution in [0.5, 0.6) is 0 Å². The number of aliphatic hydroxyl groups excluding tert-OH is 1. The third-order valence-electron chi connectivity index (χ3n) is 3.69. The molecule has 0 fully saturated rings. The average molecular weight is 352 g/mol. The first-order chi connectivity index (χ1) is 11.1. The van der Waals surface area contributed by atoms with E-state index in [0.29, 0.717) is 12.4 Å². The third kappa shape index (κ3) is 3.49. The molecule has 0 radical (unpaired) electrons. The molecule has 122 valence electrons. The standard InChI is InChI=1S/C16H18ClN3O2S/c1-9(8-21)6-12-10(2)13-14(23-12)15(20-16(17)19-13)18-7-11-4-3-5-22-11/h3-5,9,21H,6-8H2,1-2H3,(H,18,19,20)/t9-/m0/s1. The molecule has 0 saturated heterocycles. The van der Waals surface area contributed by atoms with Gasteiger partial charge in [0.15, 0.2) is 0 Å². The van der Waals surface area contributed by atoms with Gasteiger partial charge < -0.3 is 14.8 Å². The number of aliphatic hydroxyl groups is 1. The van der Waals surface area contributed by atoms with Gasteiger partial charge in [-0.05, 0) is 48.6 Å². The second kappa shape index (κ2) is 6.86. The van der Waals surface area contributed by atoms with Gasteiger partial charge in [0.05, 0.1) is 23.0 Å². The average Bonchev–Trinajstić information content (AvgIpc) is 3.15. The van der Waals surface area contributed by atoms with Crippen molar-refractivity contribution in [3.8, 4) is 0 Å². The van der Waals surface area contributed by atoms with Gasteiger partial charge in [-0.1, -0.05) is 6.92 Å². The predicted molar refractivity (Wildman–Crippen MR) is 93.2 cm³/mol. The minimum absolute atomic E-state index is 0.170. The molecule has 23 heavy (non-hydrogen) atoms. The summed E-state index contributed by atoms with van der Waals surface area (Å²) < 4.78 is 6.32. The summed E-state index contributed by atoms with van der Waals surface area (Å²) >= 11 is 7.73. The monoisotopic (exact) mass is 351 g/mol. The normalized spacial score (nSPS) is 12.7. The van der Waals surface area contributed by atoms with Gasteiger partial charge in [-0.2, -0.15) is 4.98 Å². The number of furan rings is 1. The zero-order valence-electron chi connectivity index (χ0n) is 13.0. The SMILES string of the molecule is Cc1c(C[C@H](C)CO)sc2c(NCc3ccco3)nc(Cl)nc12. The Morgan fingerprint density at radius 3 is 2.96 bits per heavy atom. The number of anilines is 1. The molecular weight excluding hydrogens is 334 g/mol. The van der Waals surface area contributed by atoms with Crippen LogP contribution in [0.4, 0.5) is 5.82 Å². The molecule has 0 unspecified atom stereocenters. The maximum absolute atomic E-state index is 9.28. The molecule has 3 heterocycles. The molecule has 0 amide bonds. The van der Waals surface area contributed by atoms with E-state index in [1.165, 1.54) is 4.88 Å². The molecule has 0 bridgehead atoms. The number of aromatic nitrogens is 2. The first-order valence-electron chi connectivity index (χ1n) is 7.41. The van der Waals surface area contributed by atoms with Crippen molar-refractivity contribution in [3.63, 3.8) is 0 Å². The van der Waals surface area contributed by atoms with E-state index in [1.807, 2.05) is 26.0 Å². The highest BCUT2D eigenvalue weighted by molar-refractivity contribution is 7.19. The second-order valence-corrected chi connectivity index (χ2v) is 7.04. The van der Waals surface area contributed by atoms with E-state index in [9.17, 15) is 5.11 Å². The molecular formula is C16H18ClN3O2S. The van der Waals surface area contributed by atoms with Crippen molar-refractivity contribution in [3.05, 3.63) is 39.9 Å². The molecule has 0 aliphatic carbocycles. The minimum atomic E-state index is 0.170. The fourth-order valence-corrected chi connectivity index (χ4v) is 3.93. The number of halogens is 1. The zero-order valence-corrected chi connectivity index (χ0v) is 14.5. The van der Waals surface area contributed by atoms with Crippen LogP contribution in [0.25, 0.3) is 10.2 Å².